The van der Waals surface area contributed by atoms with Gasteiger partial charge in [-0.3, -0.25) is 0 Å². The van der Waals surface area contributed by atoms with E-state index in [9.17, 15) is 4.79 Å². The number of primary amides is 1. The minimum atomic E-state index is -0.451. The van der Waals surface area contributed by atoms with Crippen molar-refractivity contribution in [1.82, 2.24) is 21.3 Å². The smallest absolute Gasteiger partial charge is 0.312 e. The topological polar surface area (TPSA) is 91.2 Å². The summed E-state index contributed by atoms with van der Waals surface area (Å²) in [7, 11) is 0. The molecule has 0 saturated heterocycles. The molecule has 0 saturated carbocycles. The van der Waals surface area contributed by atoms with Gasteiger partial charge in [0.15, 0.2) is 0 Å². The highest BCUT2D eigenvalue weighted by molar-refractivity contribution is 5.71. The molecule has 0 aliphatic heterocycles. The van der Waals surface area contributed by atoms with Crippen molar-refractivity contribution in [2.45, 2.75) is 19.8 Å². The molecule has 2 amide bonds. The number of nitrogens with one attached hydrogen (secondary N) is 4. The van der Waals surface area contributed by atoms with Crippen molar-refractivity contribution in [3.05, 3.63) is 0 Å². The fourth-order valence-corrected chi connectivity index (χ4v) is 1.19. The largest absolute Gasteiger partial charge is 0.352 e. The van der Waals surface area contributed by atoms with E-state index in [0.29, 0.717) is 6.54 Å². The molecule has 0 aliphatic carbocycles. The molecule has 0 aromatic rings. The Bertz CT molecular complexity index is 165. The molecular weight excluding hydrogens is 206 g/mol. The zero-order chi connectivity index (χ0) is 12.1. The van der Waals surface area contributed by atoms with E-state index < -0.39 is 6.03 Å². The highest BCUT2D eigenvalue weighted by Gasteiger charge is 1.91. The van der Waals surface area contributed by atoms with E-state index in [1.165, 1.54) is 0 Å². The second kappa shape index (κ2) is 12.2. The van der Waals surface area contributed by atoms with Crippen LogP contribution in [0.25, 0.3) is 0 Å². The summed E-state index contributed by atoms with van der Waals surface area (Å²) in [5.41, 5.74) is 4.93. The van der Waals surface area contributed by atoms with Crippen molar-refractivity contribution in [1.29, 1.82) is 0 Å². The summed E-state index contributed by atoms with van der Waals surface area (Å²) in [5, 5.41) is 12.3. The summed E-state index contributed by atoms with van der Waals surface area (Å²) in [6.45, 7) is 7.52. The summed E-state index contributed by atoms with van der Waals surface area (Å²) in [6, 6.07) is -0.451. The Labute approximate surface area is 97.7 Å². The molecule has 16 heavy (non-hydrogen) atoms. The van der Waals surface area contributed by atoms with Gasteiger partial charge in [-0.2, -0.15) is 0 Å². The average molecular weight is 231 g/mol. The van der Waals surface area contributed by atoms with Crippen LogP contribution in [-0.4, -0.2) is 45.4 Å². The van der Waals surface area contributed by atoms with Gasteiger partial charge < -0.3 is 27.0 Å². The van der Waals surface area contributed by atoms with Crippen molar-refractivity contribution >= 4 is 6.03 Å². The number of amides is 2. The molecule has 0 spiro atoms. The number of nitrogens with two attached hydrogens (primary N) is 1. The Morgan fingerprint density at radius 1 is 1.00 bits per heavy atom. The first-order valence-corrected chi connectivity index (χ1v) is 5.92. The fourth-order valence-electron chi connectivity index (χ4n) is 1.19. The molecular formula is C10H25N5O. The van der Waals surface area contributed by atoms with Crippen LogP contribution in [0.1, 0.15) is 19.8 Å². The van der Waals surface area contributed by atoms with Crippen molar-refractivity contribution < 1.29 is 4.79 Å². The van der Waals surface area contributed by atoms with Gasteiger partial charge in [-0.1, -0.05) is 6.92 Å². The van der Waals surface area contributed by atoms with Gasteiger partial charge in [0.2, 0.25) is 0 Å². The second-order valence-corrected chi connectivity index (χ2v) is 3.53. The van der Waals surface area contributed by atoms with Crippen molar-refractivity contribution in [3.63, 3.8) is 0 Å². The minimum absolute atomic E-state index is 0.451. The Morgan fingerprint density at radius 2 is 1.62 bits per heavy atom. The van der Waals surface area contributed by atoms with Gasteiger partial charge in [0.1, 0.15) is 0 Å². The molecule has 0 rings (SSSR count). The standard InChI is InChI=1S/C10H25N5O/c1-2-12-9-14-7-3-5-13-6-4-8-15-10(11)16/h12-14H,2-9H2,1H3,(H3,11,15,16). The van der Waals surface area contributed by atoms with E-state index in [1.54, 1.807) is 0 Å². The lowest BCUT2D eigenvalue weighted by atomic mass is 10.4. The number of carbonyl (C=O) groups excluding carboxylic acids is 1. The second-order valence-electron chi connectivity index (χ2n) is 3.53. The van der Waals surface area contributed by atoms with Crippen molar-refractivity contribution in [3.8, 4) is 0 Å². The van der Waals surface area contributed by atoms with Crippen LogP contribution in [0, 0.1) is 0 Å². The predicted octanol–water partition coefficient (Wildman–Crippen LogP) is -0.819. The van der Waals surface area contributed by atoms with E-state index in [-0.39, 0.29) is 0 Å². The predicted molar refractivity (Wildman–Crippen MR) is 66.2 cm³/mol. The summed E-state index contributed by atoms with van der Waals surface area (Å²) < 4.78 is 0. The molecule has 6 heteroatoms. The number of urea groups is 1. The van der Waals surface area contributed by atoms with Crippen LogP contribution in [0.2, 0.25) is 0 Å². The molecule has 0 heterocycles. The molecule has 0 bridgehead atoms. The van der Waals surface area contributed by atoms with Crippen LogP contribution < -0.4 is 27.0 Å². The number of hydrogen-bond donors (Lipinski definition) is 5. The van der Waals surface area contributed by atoms with Gasteiger partial charge in [-0.05, 0) is 39.0 Å². The van der Waals surface area contributed by atoms with Gasteiger partial charge in [-0.25, -0.2) is 4.79 Å². The van der Waals surface area contributed by atoms with Gasteiger partial charge in [0.05, 0.1) is 0 Å². The monoisotopic (exact) mass is 231 g/mol. The zero-order valence-corrected chi connectivity index (χ0v) is 10.1. The van der Waals surface area contributed by atoms with E-state index >= 15 is 0 Å². The molecule has 6 nitrogen and oxygen atoms in total. The van der Waals surface area contributed by atoms with Crippen LogP contribution in [0.5, 0.6) is 0 Å². The maximum atomic E-state index is 10.3. The van der Waals surface area contributed by atoms with Gasteiger partial charge in [-0.15, -0.1) is 0 Å². The Hall–Kier alpha value is -0.850. The van der Waals surface area contributed by atoms with Crippen molar-refractivity contribution in [2.24, 2.45) is 5.73 Å². The molecule has 96 valence electrons. The maximum absolute atomic E-state index is 10.3. The lowest BCUT2D eigenvalue weighted by molar-refractivity contribution is 0.249. The van der Waals surface area contributed by atoms with E-state index in [0.717, 1.165) is 45.7 Å². The lowest BCUT2D eigenvalue weighted by Gasteiger charge is -2.06. The van der Waals surface area contributed by atoms with E-state index in [4.69, 9.17) is 5.73 Å². The molecule has 0 atom stereocenters. The molecule has 0 fully saturated rings. The summed E-state index contributed by atoms with van der Waals surface area (Å²) >= 11 is 0. The minimum Gasteiger partial charge on any atom is -0.352 e. The van der Waals surface area contributed by atoms with Crippen molar-refractivity contribution in [2.75, 3.05) is 39.4 Å². The molecule has 0 aromatic heterocycles. The van der Waals surface area contributed by atoms with E-state index in [1.807, 2.05) is 0 Å². The van der Waals surface area contributed by atoms with Crippen LogP contribution >= 0.6 is 0 Å². The highest BCUT2D eigenvalue weighted by Crippen LogP contribution is 1.76. The highest BCUT2D eigenvalue weighted by atomic mass is 16.2. The number of carbonyl (C=O) groups is 1. The van der Waals surface area contributed by atoms with Crippen LogP contribution in [0.4, 0.5) is 4.79 Å². The Kier molecular flexibility index (Phi) is 11.6. The average Bonchev–Trinajstić information content (AvgIpc) is 2.25. The van der Waals surface area contributed by atoms with Crippen LogP contribution in [-0.2, 0) is 0 Å². The lowest BCUT2D eigenvalue weighted by Crippen LogP contribution is -2.32. The first-order valence-electron chi connectivity index (χ1n) is 5.92. The third-order valence-electron chi connectivity index (χ3n) is 2.04. The third-order valence-corrected chi connectivity index (χ3v) is 2.04. The molecule has 0 radical (unpaired) electrons. The fraction of sp³-hybridized carbons (Fsp3) is 0.900. The molecule has 0 aliphatic rings. The zero-order valence-electron chi connectivity index (χ0n) is 10.1. The summed E-state index contributed by atoms with van der Waals surface area (Å²) in [4.78, 5) is 10.3. The first-order chi connectivity index (χ1) is 7.77. The third kappa shape index (κ3) is 13.2. The Balaban J connectivity index is 2.90. The van der Waals surface area contributed by atoms with Gasteiger partial charge >= 0.3 is 6.03 Å². The van der Waals surface area contributed by atoms with Gasteiger partial charge in [0, 0.05) is 13.2 Å². The normalized spacial score (nSPS) is 10.3. The van der Waals surface area contributed by atoms with Gasteiger partial charge in [0.25, 0.3) is 0 Å². The van der Waals surface area contributed by atoms with Crippen LogP contribution in [0.3, 0.4) is 0 Å². The molecule has 6 N–H and O–H groups in total. The maximum Gasteiger partial charge on any atom is 0.312 e. The number of rotatable bonds is 11. The molecule has 0 aromatic carbocycles. The molecule has 0 unspecified atom stereocenters. The SMILES string of the molecule is CCNCNCCCNCCCNC(N)=O. The quantitative estimate of drug-likeness (QED) is 0.237. The Morgan fingerprint density at radius 3 is 2.25 bits per heavy atom. The number of hydrogen-bond acceptors (Lipinski definition) is 4. The first kappa shape index (κ1) is 15.2. The van der Waals surface area contributed by atoms with Crippen LogP contribution in [0.15, 0.2) is 0 Å². The summed E-state index contributed by atoms with van der Waals surface area (Å²) in [6.07, 6.45) is 2.02. The van der Waals surface area contributed by atoms with E-state index in [2.05, 4.69) is 28.2 Å². The summed E-state index contributed by atoms with van der Waals surface area (Å²) in [5.74, 6) is 0.